The van der Waals surface area contributed by atoms with Crippen LogP contribution in [0.3, 0.4) is 0 Å². The molecule has 1 heterocycles. The summed E-state index contributed by atoms with van der Waals surface area (Å²) >= 11 is 0. The molecule has 4 nitrogen and oxygen atoms in total. The second kappa shape index (κ2) is 5.32. The SMILES string of the molecule is CC1(C)CCN(C(=O)CCCC(=O)O)CC1. The van der Waals surface area contributed by atoms with Gasteiger partial charge in [-0.3, -0.25) is 9.59 Å². The first kappa shape index (κ1) is 13.0. The molecule has 0 aliphatic carbocycles. The number of carbonyl (C=O) groups is 2. The van der Waals surface area contributed by atoms with E-state index in [1.807, 2.05) is 4.90 Å². The number of carboxylic acids is 1. The standard InChI is InChI=1S/C12H21NO3/c1-12(2)6-8-13(9-7-12)10(14)4-3-5-11(15)16/h3-9H2,1-2H3,(H,15,16). The van der Waals surface area contributed by atoms with Crippen molar-refractivity contribution in [3.05, 3.63) is 0 Å². The van der Waals surface area contributed by atoms with Gasteiger partial charge in [0, 0.05) is 25.9 Å². The molecule has 0 radical (unpaired) electrons. The number of hydrogen-bond acceptors (Lipinski definition) is 2. The van der Waals surface area contributed by atoms with E-state index in [1.165, 1.54) is 0 Å². The fourth-order valence-corrected chi connectivity index (χ4v) is 1.91. The van der Waals surface area contributed by atoms with Gasteiger partial charge in [-0.15, -0.1) is 0 Å². The zero-order valence-electron chi connectivity index (χ0n) is 10.2. The molecule has 0 aromatic rings. The zero-order chi connectivity index (χ0) is 12.2. The second-order valence-electron chi connectivity index (χ2n) is 5.29. The first-order valence-corrected chi connectivity index (χ1v) is 5.90. The Kier molecular flexibility index (Phi) is 4.33. The number of carboxylic acid groups (broad SMARTS) is 1. The third-order valence-electron chi connectivity index (χ3n) is 3.25. The quantitative estimate of drug-likeness (QED) is 0.798. The number of likely N-dealkylation sites (tertiary alicyclic amines) is 1. The van der Waals surface area contributed by atoms with Crippen LogP contribution in [0.5, 0.6) is 0 Å². The lowest BCUT2D eigenvalue weighted by Gasteiger charge is -2.37. The molecule has 0 unspecified atom stereocenters. The normalized spacial score (nSPS) is 19.5. The summed E-state index contributed by atoms with van der Waals surface area (Å²) in [5.74, 6) is -0.718. The van der Waals surface area contributed by atoms with Gasteiger partial charge in [-0.2, -0.15) is 0 Å². The van der Waals surface area contributed by atoms with E-state index in [0.29, 0.717) is 18.3 Å². The number of rotatable bonds is 4. The summed E-state index contributed by atoms with van der Waals surface area (Å²) in [6.07, 6.45) is 2.99. The van der Waals surface area contributed by atoms with Crippen molar-refractivity contribution in [2.24, 2.45) is 5.41 Å². The molecule has 1 N–H and O–H groups in total. The van der Waals surface area contributed by atoms with Crippen molar-refractivity contribution in [1.82, 2.24) is 4.90 Å². The molecule has 16 heavy (non-hydrogen) atoms. The minimum atomic E-state index is -0.826. The monoisotopic (exact) mass is 227 g/mol. The summed E-state index contributed by atoms with van der Waals surface area (Å²) in [4.78, 5) is 23.9. The van der Waals surface area contributed by atoms with Crippen molar-refractivity contribution in [3.63, 3.8) is 0 Å². The highest BCUT2D eigenvalue weighted by Gasteiger charge is 2.27. The highest BCUT2D eigenvalue weighted by molar-refractivity contribution is 5.77. The van der Waals surface area contributed by atoms with Gasteiger partial charge in [0.15, 0.2) is 0 Å². The molecule has 1 rings (SSSR count). The maximum absolute atomic E-state index is 11.7. The highest BCUT2D eigenvalue weighted by atomic mass is 16.4. The molecule has 0 bridgehead atoms. The van der Waals surface area contributed by atoms with Crippen molar-refractivity contribution >= 4 is 11.9 Å². The van der Waals surface area contributed by atoms with Gasteiger partial charge < -0.3 is 10.0 Å². The number of carbonyl (C=O) groups excluding carboxylic acids is 1. The third-order valence-corrected chi connectivity index (χ3v) is 3.25. The molecule has 1 amide bonds. The molecular formula is C12H21NO3. The Labute approximate surface area is 96.6 Å². The molecule has 92 valence electrons. The Morgan fingerprint density at radius 1 is 1.19 bits per heavy atom. The van der Waals surface area contributed by atoms with E-state index in [1.54, 1.807) is 0 Å². The number of aliphatic carboxylic acids is 1. The van der Waals surface area contributed by atoms with Crippen LogP contribution in [0.15, 0.2) is 0 Å². The van der Waals surface area contributed by atoms with Crippen LogP contribution < -0.4 is 0 Å². The topological polar surface area (TPSA) is 57.6 Å². The van der Waals surface area contributed by atoms with Crippen molar-refractivity contribution in [3.8, 4) is 0 Å². The Morgan fingerprint density at radius 3 is 2.25 bits per heavy atom. The summed E-state index contributed by atoms with van der Waals surface area (Å²) in [6, 6.07) is 0. The lowest BCUT2D eigenvalue weighted by Crippen LogP contribution is -2.41. The average Bonchev–Trinajstić information content (AvgIpc) is 2.16. The Hall–Kier alpha value is -1.06. The fourth-order valence-electron chi connectivity index (χ4n) is 1.91. The first-order valence-electron chi connectivity index (χ1n) is 5.90. The maximum atomic E-state index is 11.7. The van der Waals surface area contributed by atoms with Gasteiger partial charge in [0.25, 0.3) is 0 Å². The van der Waals surface area contributed by atoms with E-state index >= 15 is 0 Å². The average molecular weight is 227 g/mol. The van der Waals surface area contributed by atoms with E-state index in [9.17, 15) is 9.59 Å². The van der Waals surface area contributed by atoms with Crippen LogP contribution in [0.4, 0.5) is 0 Å². The van der Waals surface area contributed by atoms with Gasteiger partial charge >= 0.3 is 5.97 Å². The van der Waals surface area contributed by atoms with Gasteiger partial charge in [0.1, 0.15) is 0 Å². The van der Waals surface area contributed by atoms with Crippen LogP contribution >= 0.6 is 0 Å². The molecule has 1 fully saturated rings. The van der Waals surface area contributed by atoms with E-state index in [0.717, 1.165) is 25.9 Å². The Morgan fingerprint density at radius 2 is 1.75 bits per heavy atom. The summed E-state index contributed by atoms with van der Waals surface area (Å²) in [5.41, 5.74) is 0.345. The number of nitrogens with zero attached hydrogens (tertiary/aromatic N) is 1. The minimum Gasteiger partial charge on any atom is -0.481 e. The number of amides is 1. The number of hydrogen-bond donors (Lipinski definition) is 1. The zero-order valence-corrected chi connectivity index (χ0v) is 10.2. The van der Waals surface area contributed by atoms with Gasteiger partial charge in [0.05, 0.1) is 0 Å². The molecule has 1 aliphatic heterocycles. The van der Waals surface area contributed by atoms with Crippen LogP contribution in [0, 0.1) is 5.41 Å². The lowest BCUT2D eigenvalue weighted by molar-refractivity contribution is -0.137. The van der Waals surface area contributed by atoms with Crippen LogP contribution in [-0.4, -0.2) is 35.0 Å². The predicted molar refractivity (Wildman–Crippen MR) is 61.1 cm³/mol. The molecule has 0 aromatic heterocycles. The van der Waals surface area contributed by atoms with Gasteiger partial charge in [-0.05, 0) is 24.7 Å². The van der Waals surface area contributed by atoms with E-state index in [2.05, 4.69) is 13.8 Å². The van der Waals surface area contributed by atoms with Crippen LogP contribution in [0.1, 0.15) is 46.0 Å². The largest absolute Gasteiger partial charge is 0.481 e. The van der Waals surface area contributed by atoms with Crippen LogP contribution in [-0.2, 0) is 9.59 Å². The van der Waals surface area contributed by atoms with Crippen molar-refractivity contribution in [2.45, 2.75) is 46.0 Å². The second-order valence-corrected chi connectivity index (χ2v) is 5.29. The molecule has 0 atom stereocenters. The molecule has 0 aromatic carbocycles. The van der Waals surface area contributed by atoms with Crippen LogP contribution in [0.2, 0.25) is 0 Å². The van der Waals surface area contributed by atoms with Gasteiger partial charge in [-0.1, -0.05) is 13.8 Å². The summed E-state index contributed by atoms with van der Waals surface area (Å²) in [7, 11) is 0. The van der Waals surface area contributed by atoms with Gasteiger partial charge in [0.2, 0.25) is 5.91 Å². The van der Waals surface area contributed by atoms with E-state index in [4.69, 9.17) is 5.11 Å². The molecule has 0 saturated carbocycles. The molecule has 1 saturated heterocycles. The summed E-state index contributed by atoms with van der Waals surface area (Å²) in [5, 5.41) is 8.48. The minimum absolute atomic E-state index is 0.0884. The van der Waals surface area contributed by atoms with E-state index < -0.39 is 5.97 Å². The summed E-state index contributed by atoms with van der Waals surface area (Å²) in [6.45, 7) is 6.08. The highest BCUT2D eigenvalue weighted by Crippen LogP contribution is 2.29. The van der Waals surface area contributed by atoms with Crippen molar-refractivity contribution < 1.29 is 14.7 Å². The maximum Gasteiger partial charge on any atom is 0.303 e. The predicted octanol–water partition coefficient (Wildman–Crippen LogP) is 1.89. The van der Waals surface area contributed by atoms with Gasteiger partial charge in [-0.25, -0.2) is 0 Å². The first-order chi connectivity index (χ1) is 7.41. The summed E-state index contributed by atoms with van der Waals surface area (Å²) < 4.78 is 0. The van der Waals surface area contributed by atoms with Crippen molar-refractivity contribution in [1.29, 1.82) is 0 Å². The molecule has 4 heteroatoms. The molecule has 0 spiro atoms. The Balaban J connectivity index is 2.25. The smallest absolute Gasteiger partial charge is 0.303 e. The van der Waals surface area contributed by atoms with E-state index in [-0.39, 0.29) is 12.3 Å². The third kappa shape index (κ3) is 4.21. The number of piperidine rings is 1. The van der Waals surface area contributed by atoms with Crippen LogP contribution in [0.25, 0.3) is 0 Å². The fraction of sp³-hybridized carbons (Fsp3) is 0.833. The molecule has 1 aliphatic rings. The van der Waals surface area contributed by atoms with Crippen molar-refractivity contribution in [2.75, 3.05) is 13.1 Å². The Bertz CT molecular complexity index is 263. The lowest BCUT2D eigenvalue weighted by atomic mass is 9.82. The molecular weight excluding hydrogens is 206 g/mol.